The summed E-state index contributed by atoms with van der Waals surface area (Å²) in [6, 6.07) is 0. The molecule has 108 valence electrons. The van der Waals surface area contributed by atoms with E-state index in [1.54, 1.807) is 0 Å². The molecule has 19 heavy (non-hydrogen) atoms. The Kier molecular flexibility index (Phi) is 3.16. The van der Waals surface area contributed by atoms with Crippen molar-refractivity contribution in [3.63, 3.8) is 0 Å². The number of rotatable bonds is 4. The minimum Gasteiger partial charge on any atom is -0.469 e. The summed E-state index contributed by atoms with van der Waals surface area (Å²) in [7, 11) is 1.48. The summed E-state index contributed by atoms with van der Waals surface area (Å²) in [4.78, 5) is 11.8. The number of nitrogens with one attached hydrogen (secondary N) is 1. The average Bonchev–Trinajstić information content (AvgIpc) is 2.34. The third-order valence-corrected chi connectivity index (χ3v) is 5.68. The number of esters is 1. The van der Waals surface area contributed by atoms with Crippen LogP contribution in [0.2, 0.25) is 0 Å². The van der Waals surface area contributed by atoms with Gasteiger partial charge in [0.05, 0.1) is 12.5 Å². The Morgan fingerprint density at radius 2 is 1.63 bits per heavy atom. The number of hydrogen-bond acceptors (Lipinski definition) is 3. The van der Waals surface area contributed by atoms with Crippen LogP contribution in [0.4, 0.5) is 0 Å². The maximum absolute atomic E-state index is 11.8. The molecule has 0 aliphatic heterocycles. The molecule has 0 amide bonds. The zero-order valence-electron chi connectivity index (χ0n) is 12.5. The quantitative estimate of drug-likeness (QED) is 0.794. The Bertz CT molecular complexity index is 340. The van der Waals surface area contributed by atoms with E-state index in [1.807, 2.05) is 13.8 Å². The number of methoxy groups -OCH3 is 1. The third kappa shape index (κ3) is 2.42. The van der Waals surface area contributed by atoms with Crippen molar-refractivity contribution < 1.29 is 9.53 Å². The highest BCUT2D eigenvalue weighted by molar-refractivity contribution is 5.76. The number of carbonyl (C=O) groups is 1. The van der Waals surface area contributed by atoms with Crippen LogP contribution in [0.3, 0.4) is 0 Å². The maximum Gasteiger partial charge on any atom is 0.312 e. The van der Waals surface area contributed by atoms with Crippen molar-refractivity contribution in [2.24, 2.45) is 23.2 Å². The molecule has 4 rings (SSSR count). The smallest absolute Gasteiger partial charge is 0.312 e. The first-order chi connectivity index (χ1) is 8.92. The van der Waals surface area contributed by atoms with Gasteiger partial charge in [-0.15, -0.1) is 0 Å². The van der Waals surface area contributed by atoms with Gasteiger partial charge in [0, 0.05) is 12.1 Å². The van der Waals surface area contributed by atoms with E-state index in [1.165, 1.54) is 45.6 Å². The fourth-order valence-electron chi connectivity index (χ4n) is 5.08. The van der Waals surface area contributed by atoms with Crippen LogP contribution >= 0.6 is 0 Å². The summed E-state index contributed by atoms with van der Waals surface area (Å²) < 4.78 is 4.91. The fraction of sp³-hybridized carbons (Fsp3) is 0.938. The first-order valence-corrected chi connectivity index (χ1v) is 7.76. The summed E-state index contributed by atoms with van der Waals surface area (Å²) in [5, 5.41) is 3.78. The molecule has 0 radical (unpaired) electrons. The minimum atomic E-state index is -0.419. The van der Waals surface area contributed by atoms with Crippen molar-refractivity contribution in [1.29, 1.82) is 0 Å². The van der Waals surface area contributed by atoms with Crippen LogP contribution in [0.25, 0.3) is 0 Å². The van der Waals surface area contributed by atoms with E-state index in [4.69, 9.17) is 4.74 Å². The number of ether oxygens (including phenoxy) is 1. The molecule has 3 heteroatoms. The molecule has 4 aliphatic rings. The van der Waals surface area contributed by atoms with Crippen LogP contribution in [0, 0.1) is 23.2 Å². The lowest BCUT2D eigenvalue weighted by atomic mass is 9.53. The van der Waals surface area contributed by atoms with Gasteiger partial charge in [-0.05, 0) is 70.1 Å². The van der Waals surface area contributed by atoms with E-state index in [-0.39, 0.29) is 5.97 Å². The van der Waals surface area contributed by atoms with Gasteiger partial charge in [0.1, 0.15) is 0 Å². The second-order valence-electron chi connectivity index (χ2n) is 7.93. The first kappa shape index (κ1) is 13.4. The van der Waals surface area contributed by atoms with Gasteiger partial charge < -0.3 is 10.1 Å². The lowest BCUT2D eigenvalue weighted by molar-refractivity contribution is -0.151. The van der Waals surface area contributed by atoms with E-state index in [0.29, 0.717) is 5.54 Å². The van der Waals surface area contributed by atoms with Gasteiger partial charge in [-0.25, -0.2) is 0 Å². The van der Waals surface area contributed by atoms with E-state index in [0.717, 1.165) is 24.3 Å². The molecule has 0 heterocycles. The van der Waals surface area contributed by atoms with Crippen LogP contribution in [-0.4, -0.2) is 25.2 Å². The largest absolute Gasteiger partial charge is 0.469 e. The zero-order chi connectivity index (χ0) is 13.7. The molecule has 1 N–H and O–H groups in total. The Morgan fingerprint density at radius 1 is 1.16 bits per heavy atom. The predicted octanol–water partition coefficient (Wildman–Crippen LogP) is 2.74. The molecule has 4 bridgehead atoms. The Hall–Kier alpha value is -0.570. The van der Waals surface area contributed by atoms with Gasteiger partial charge in [0.2, 0.25) is 0 Å². The second kappa shape index (κ2) is 4.47. The summed E-state index contributed by atoms with van der Waals surface area (Å²) >= 11 is 0. The molecule has 0 atom stereocenters. The van der Waals surface area contributed by atoms with Crippen LogP contribution in [-0.2, 0) is 9.53 Å². The summed E-state index contributed by atoms with van der Waals surface area (Å²) in [5.74, 6) is 2.73. The molecule has 3 nitrogen and oxygen atoms in total. The molecule has 4 fully saturated rings. The Balaban J connectivity index is 1.65. The monoisotopic (exact) mass is 265 g/mol. The van der Waals surface area contributed by atoms with Crippen LogP contribution in [0.5, 0.6) is 0 Å². The van der Waals surface area contributed by atoms with Crippen molar-refractivity contribution in [3.05, 3.63) is 0 Å². The normalized spacial score (nSPS) is 40.5. The lowest BCUT2D eigenvalue weighted by Gasteiger charge is -2.57. The van der Waals surface area contributed by atoms with E-state index in [9.17, 15) is 4.79 Å². The van der Waals surface area contributed by atoms with Gasteiger partial charge in [0.25, 0.3) is 0 Å². The minimum absolute atomic E-state index is 0.107. The standard InChI is InChI=1S/C16H27NO2/c1-15(2,14(18)19-3)10-17-16-7-11-4-12(8-16)6-13(5-11)9-16/h11-13,17H,4-10H2,1-3H3. The Labute approximate surface area is 116 Å². The second-order valence-corrected chi connectivity index (χ2v) is 7.93. The molecule has 0 aromatic carbocycles. The molecule has 0 unspecified atom stereocenters. The average molecular weight is 265 g/mol. The first-order valence-electron chi connectivity index (χ1n) is 7.76. The van der Waals surface area contributed by atoms with E-state index >= 15 is 0 Å². The van der Waals surface area contributed by atoms with Crippen molar-refractivity contribution in [1.82, 2.24) is 5.32 Å². The molecule has 0 spiro atoms. The lowest BCUT2D eigenvalue weighted by Crippen LogP contribution is -2.60. The van der Waals surface area contributed by atoms with Crippen LogP contribution < -0.4 is 5.32 Å². The molecule has 4 saturated carbocycles. The van der Waals surface area contributed by atoms with Gasteiger partial charge in [-0.1, -0.05) is 0 Å². The highest BCUT2D eigenvalue weighted by Gasteiger charge is 2.51. The van der Waals surface area contributed by atoms with E-state index < -0.39 is 5.41 Å². The van der Waals surface area contributed by atoms with Crippen LogP contribution in [0.15, 0.2) is 0 Å². The molecular weight excluding hydrogens is 238 g/mol. The molecule has 0 saturated heterocycles. The molecular formula is C16H27NO2. The third-order valence-electron chi connectivity index (χ3n) is 5.68. The van der Waals surface area contributed by atoms with Crippen LogP contribution in [0.1, 0.15) is 52.4 Å². The fourth-order valence-corrected chi connectivity index (χ4v) is 5.08. The summed E-state index contributed by atoms with van der Waals surface area (Å²) in [6.45, 7) is 4.70. The highest BCUT2D eigenvalue weighted by Crippen LogP contribution is 2.55. The van der Waals surface area contributed by atoms with Crippen molar-refractivity contribution in [2.75, 3.05) is 13.7 Å². The zero-order valence-corrected chi connectivity index (χ0v) is 12.5. The van der Waals surface area contributed by atoms with Crippen molar-refractivity contribution in [2.45, 2.75) is 57.9 Å². The van der Waals surface area contributed by atoms with Gasteiger partial charge >= 0.3 is 5.97 Å². The van der Waals surface area contributed by atoms with Gasteiger partial charge in [-0.2, -0.15) is 0 Å². The summed E-state index contributed by atoms with van der Waals surface area (Å²) in [5.41, 5.74) is -0.0852. The predicted molar refractivity (Wildman–Crippen MR) is 74.7 cm³/mol. The molecule has 0 aromatic heterocycles. The van der Waals surface area contributed by atoms with Gasteiger partial charge in [0.15, 0.2) is 0 Å². The van der Waals surface area contributed by atoms with Gasteiger partial charge in [-0.3, -0.25) is 4.79 Å². The highest BCUT2D eigenvalue weighted by atomic mass is 16.5. The topological polar surface area (TPSA) is 38.3 Å². The molecule has 0 aromatic rings. The molecule has 4 aliphatic carbocycles. The number of hydrogen-bond donors (Lipinski definition) is 1. The van der Waals surface area contributed by atoms with E-state index in [2.05, 4.69) is 5.32 Å². The van der Waals surface area contributed by atoms with Crippen molar-refractivity contribution >= 4 is 5.97 Å². The Morgan fingerprint density at radius 3 is 2.05 bits per heavy atom. The van der Waals surface area contributed by atoms with Crippen molar-refractivity contribution in [3.8, 4) is 0 Å². The SMILES string of the molecule is COC(=O)C(C)(C)CNC12CC3CC(CC(C3)C1)C2. The summed E-state index contributed by atoms with van der Waals surface area (Å²) in [6.07, 6.45) is 8.37. The number of carbonyl (C=O) groups excluding carboxylic acids is 1. The maximum atomic E-state index is 11.8.